The summed E-state index contributed by atoms with van der Waals surface area (Å²) in [6.07, 6.45) is 0.111. The second-order valence-electron chi connectivity index (χ2n) is 3.21. The van der Waals surface area contributed by atoms with Crippen molar-refractivity contribution in [2.24, 2.45) is 0 Å². The molecule has 0 aliphatic rings. The molecule has 1 aromatic carbocycles. The molecule has 1 atom stereocenters. The maximum Gasteiger partial charge on any atom is 0.222 e. The lowest BCUT2D eigenvalue weighted by Crippen LogP contribution is -2.27. The number of nitrogens with zero attached hydrogens (tertiary/aromatic N) is 1. The summed E-state index contributed by atoms with van der Waals surface area (Å²) >= 11 is 5.80. The van der Waals surface area contributed by atoms with Crippen molar-refractivity contribution < 1.29 is 4.79 Å². The molecule has 5 heteroatoms. The maximum atomic E-state index is 11.1. The number of carbonyl (C=O) groups is 1. The van der Waals surface area contributed by atoms with Gasteiger partial charge in [-0.2, -0.15) is 5.26 Å². The molecule has 1 unspecified atom stereocenters. The number of hydrogen-bond donors (Lipinski definition) is 2. The van der Waals surface area contributed by atoms with Crippen LogP contribution in [0.5, 0.6) is 0 Å². The minimum Gasteiger partial charge on any atom is -0.369 e. The summed E-state index contributed by atoms with van der Waals surface area (Å²) in [5, 5.41) is 14.9. The van der Waals surface area contributed by atoms with Crippen LogP contribution < -0.4 is 10.6 Å². The Bertz CT molecular complexity index is 414. The van der Waals surface area contributed by atoms with E-state index in [2.05, 4.69) is 10.6 Å². The van der Waals surface area contributed by atoms with Crippen LogP contribution in [0.1, 0.15) is 6.42 Å². The quantitative estimate of drug-likeness (QED) is 0.839. The molecule has 0 heterocycles. The molecule has 0 spiro atoms. The molecule has 84 valence electrons. The van der Waals surface area contributed by atoms with E-state index in [1.165, 1.54) is 7.05 Å². The maximum absolute atomic E-state index is 11.1. The number of amides is 1. The second kappa shape index (κ2) is 5.99. The molecule has 0 fully saturated rings. The number of rotatable bonds is 4. The first-order chi connectivity index (χ1) is 7.65. The zero-order chi connectivity index (χ0) is 12.0. The summed E-state index contributed by atoms with van der Waals surface area (Å²) in [4.78, 5) is 11.1. The predicted molar refractivity (Wildman–Crippen MR) is 63.2 cm³/mol. The van der Waals surface area contributed by atoms with Gasteiger partial charge in [0.15, 0.2) is 0 Å². The lowest BCUT2D eigenvalue weighted by molar-refractivity contribution is -0.120. The molecular weight excluding hydrogens is 226 g/mol. The number of benzene rings is 1. The van der Waals surface area contributed by atoms with E-state index in [4.69, 9.17) is 16.9 Å². The van der Waals surface area contributed by atoms with Crippen molar-refractivity contribution in [3.8, 4) is 6.07 Å². The summed E-state index contributed by atoms with van der Waals surface area (Å²) in [6, 6.07) is 8.48. The minimum atomic E-state index is -0.557. The Labute approximate surface area is 99.2 Å². The number of nitriles is 1. The van der Waals surface area contributed by atoms with Crippen LogP contribution in [0.15, 0.2) is 24.3 Å². The molecule has 4 nitrogen and oxygen atoms in total. The number of halogens is 1. The SMILES string of the molecule is CNC(=O)CC(C#N)Nc1cccc(Cl)c1. The highest BCUT2D eigenvalue weighted by Crippen LogP contribution is 2.16. The highest BCUT2D eigenvalue weighted by Gasteiger charge is 2.11. The van der Waals surface area contributed by atoms with E-state index in [-0.39, 0.29) is 12.3 Å². The average Bonchev–Trinajstić information content (AvgIpc) is 2.28. The van der Waals surface area contributed by atoms with Gasteiger partial charge in [-0.05, 0) is 18.2 Å². The summed E-state index contributed by atoms with van der Waals surface area (Å²) in [6.45, 7) is 0. The fourth-order valence-corrected chi connectivity index (χ4v) is 1.39. The van der Waals surface area contributed by atoms with Crippen LogP contribution in [0.3, 0.4) is 0 Å². The molecule has 2 N–H and O–H groups in total. The summed E-state index contributed by atoms with van der Waals surface area (Å²) in [7, 11) is 1.54. The first-order valence-electron chi connectivity index (χ1n) is 4.78. The molecule has 0 saturated heterocycles. The third-order valence-electron chi connectivity index (χ3n) is 1.99. The van der Waals surface area contributed by atoms with Gasteiger partial charge in [-0.15, -0.1) is 0 Å². The van der Waals surface area contributed by atoms with Crippen LogP contribution >= 0.6 is 11.6 Å². The molecule has 1 amide bonds. The number of hydrogen-bond acceptors (Lipinski definition) is 3. The highest BCUT2D eigenvalue weighted by molar-refractivity contribution is 6.30. The molecule has 0 aliphatic carbocycles. The molecule has 0 aliphatic heterocycles. The van der Waals surface area contributed by atoms with Gasteiger partial charge in [0.1, 0.15) is 6.04 Å². The van der Waals surface area contributed by atoms with E-state index in [0.717, 1.165) is 5.69 Å². The third kappa shape index (κ3) is 3.79. The van der Waals surface area contributed by atoms with Gasteiger partial charge in [-0.25, -0.2) is 0 Å². The number of nitrogens with one attached hydrogen (secondary N) is 2. The van der Waals surface area contributed by atoms with Gasteiger partial charge in [0.2, 0.25) is 5.91 Å². The number of carbonyl (C=O) groups excluding carboxylic acids is 1. The standard InChI is InChI=1S/C11H12ClN3O/c1-14-11(16)6-10(7-13)15-9-4-2-3-8(12)5-9/h2-5,10,15H,6H2,1H3,(H,14,16). The van der Waals surface area contributed by atoms with Crippen LogP contribution in [0, 0.1) is 11.3 Å². The van der Waals surface area contributed by atoms with Gasteiger partial charge < -0.3 is 10.6 Å². The zero-order valence-corrected chi connectivity index (χ0v) is 9.58. The zero-order valence-electron chi connectivity index (χ0n) is 8.83. The van der Waals surface area contributed by atoms with Gasteiger partial charge in [0.25, 0.3) is 0 Å². The molecule has 0 saturated carbocycles. The largest absolute Gasteiger partial charge is 0.369 e. The van der Waals surface area contributed by atoms with E-state index in [1.54, 1.807) is 24.3 Å². The van der Waals surface area contributed by atoms with E-state index < -0.39 is 6.04 Å². The Hall–Kier alpha value is -1.73. The fourth-order valence-electron chi connectivity index (χ4n) is 1.20. The van der Waals surface area contributed by atoms with E-state index in [0.29, 0.717) is 5.02 Å². The minimum absolute atomic E-state index is 0.111. The second-order valence-corrected chi connectivity index (χ2v) is 3.65. The smallest absolute Gasteiger partial charge is 0.222 e. The van der Waals surface area contributed by atoms with Crippen LogP contribution in [0.25, 0.3) is 0 Å². The van der Waals surface area contributed by atoms with Gasteiger partial charge in [0, 0.05) is 17.8 Å². The van der Waals surface area contributed by atoms with Crippen LogP contribution in [-0.2, 0) is 4.79 Å². The lowest BCUT2D eigenvalue weighted by atomic mass is 10.2. The van der Waals surface area contributed by atoms with Crippen LogP contribution in [-0.4, -0.2) is 19.0 Å². The summed E-state index contributed by atoms with van der Waals surface area (Å²) in [5.41, 5.74) is 0.725. The Morgan fingerprint density at radius 2 is 2.38 bits per heavy atom. The van der Waals surface area contributed by atoms with Gasteiger partial charge in [0.05, 0.1) is 12.5 Å². The molecule has 0 bridgehead atoms. The van der Waals surface area contributed by atoms with Crippen molar-refractivity contribution in [3.05, 3.63) is 29.3 Å². The molecule has 1 aromatic rings. The first kappa shape index (κ1) is 12.3. The van der Waals surface area contributed by atoms with E-state index in [1.807, 2.05) is 6.07 Å². The summed E-state index contributed by atoms with van der Waals surface area (Å²) < 4.78 is 0. The fraction of sp³-hybridized carbons (Fsp3) is 0.273. The van der Waals surface area contributed by atoms with E-state index in [9.17, 15) is 4.79 Å². The van der Waals surface area contributed by atoms with Gasteiger partial charge in [-0.3, -0.25) is 4.79 Å². The average molecular weight is 238 g/mol. The van der Waals surface area contributed by atoms with Crippen LogP contribution in [0.2, 0.25) is 5.02 Å². The molecule has 0 radical (unpaired) electrons. The Balaban J connectivity index is 2.64. The molecular formula is C11H12ClN3O. The highest BCUT2D eigenvalue weighted by atomic mass is 35.5. The van der Waals surface area contributed by atoms with Crippen molar-refractivity contribution >= 4 is 23.2 Å². The van der Waals surface area contributed by atoms with Crippen molar-refractivity contribution in [2.75, 3.05) is 12.4 Å². The summed E-state index contributed by atoms with van der Waals surface area (Å²) in [5.74, 6) is -0.180. The van der Waals surface area contributed by atoms with E-state index >= 15 is 0 Å². The van der Waals surface area contributed by atoms with Gasteiger partial charge >= 0.3 is 0 Å². The normalized spacial score (nSPS) is 11.3. The molecule has 1 rings (SSSR count). The van der Waals surface area contributed by atoms with Crippen molar-refractivity contribution in [3.63, 3.8) is 0 Å². The van der Waals surface area contributed by atoms with Crippen molar-refractivity contribution in [1.82, 2.24) is 5.32 Å². The topological polar surface area (TPSA) is 64.9 Å². The van der Waals surface area contributed by atoms with Gasteiger partial charge in [-0.1, -0.05) is 17.7 Å². The Morgan fingerprint density at radius 3 is 2.94 bits per heavy atom. The molecule has 16 heavy (non-hydrogen) atoms. The Morgan fingerprint density at radius 1 is 1.62 bits per heavy atom. The third-order valence-corrected chi connectivity index (χ3v) is 2.22. The van der Waals surface area contributed by atoms with Crippen molar-refractivity contribution in [1.29, 1.82) is 5.26 Å². The van der Waals surface area contributed by atoms with Crippen molar-refractivity contribution in [2.45, 2.75) is 12.5 Å². The molecule has 0 aromatic heterocycles. The number of anilines is 1. The van der Waals surface area contributed by atoms with Crippen LogP contribution in [0.4, 0.5) is 5.69 Å². The predicted octanol–water partition coefficient (Wildman–Crippen LogP) is 1.78. The Kier molecular flexibility index (Phi) is 4.62. The lowest BCUT2D eigenvalue weighted by Gasteiger charge is -2.12. The monoisotopic (exact) mass is 237 g/mol. The first-order valence-corrected chi connectivity index (χ1v) is 5.16.